The van der Waals surface area contributed by atoms with Crippen molar-refractivity contribution in [3.8, 4) is 0 Å². The Labute approximate surface area is 115 Å². The molecule has 0 aliphatic carbocycles. The van der Waals surface area contributed by atoms with Crippen LogP contribution in [0, 0.1) is 0 Å². The van der Waals surface area contributed by atoms with Crippen LogP contribution in [0.4, 0.5) is 0 Å². The lowest BCUT2D eigenvalue weighted by Gasteiger charge is -2.31. The third kappa shape index (κ3) is 3.45. The third-order valence-corrected chi connectivity index (χ3v) is 3.36. The summed E-state index contributed by atoms with van der Waals surface area (Å²) in [5.41, 5.74) is 0.743. The van der Waals surface area contributed by atoms with Crippen LogP contribution in [0.1, 0.15) is 5.56 Å². The number of hydrogen-bond acceptors (Lipinski definition) is 3. The zero-order valence-electron chi connectivity index (χ0n) is 10.2. The number of amides is 1. The fourth-order valence-electron chi connectivity index (χ4n) is 1.94. The number of carboxylic acid groups (broad SMARTS) is 1. The number of carbonyl (C=O) groups is 2. The summed E-state index contributed by atoms with van der Waals surface area (Å²) in [5.74, 6) is -1.18. The number of carboxylic acids is 1. The first-order chi connectivity index (χ1) is 9.08. The highest BCUT2D eigenvalue weighted by Crippen LogP contribution is 2.17. The number of benzene rings is 1. The van der Waals surface area contributed by atoms with Crippen LogP contribution < -0.4 is 0 Å². The largest absolute Gasteiger partial charge is 0.479 e. The molecule has 1 heterocycles. The highest BCUT2D eigenvalue weighted by Gasteiger charge is 2.28. The number of morpholine rings is 1. The van der Waals surface area contributed by atoms with E-state index in [0.717, 1.165) is 5.56 Å². The molecule has 19 heavy (non-hydrogen) atoms. The van der Waals surface area contributed by atoms with Gasteiger partial charge in [-0.25, -0.2) is 4.79 Å². The van der Waals surface area contributed by atoms with E-state index < -0.39 is 12.1 Å². The van der Waals surface area contributed by atoms with Crippen LogP contribution in [0.15, 0.2) is 24.3 Å². The molecule has 1 aliphatic heterocycles. The molecule has 1 amide bonds. The van der Waals surface area contributed by atoms with Gasteiger partial charge in [0.1, 0.15) is 0 Å². The van der Waals surface area contributed by atoms with E-state index >= 15 is 0 Å². The summed E-state index contributed by atoms with van der Waals surface area (Å²) in [6.45, 7) is 0.733. The van der Waals surface area contributed by atoms with Gasteiger partial charge < -0.3 is 14.7 Å². The number of carbonyl (C=O) groups excluding carboxylic acids is 1. The lowest BCUT2D eigenvalue weighted by atomic mass is 10.1. The van der Waals surface area contributed by atoms with E-state index in [0.29, 0.717) is 11.6 Å². The van der Waals surface area contributed by atoms with Gasteiger partial charge in [-0.3, -0.25) is 4.79 Å². The van der Waals surface area contributed by atoms with Crippen molar-refractivity contribution in [2.24, 2.45) is 0 Å². The van der Waals surface area contributed by atoms with Crippen molar-refractivity contribution in [2.75, 3.05) is 19.7 Å². The van der Waals surface area contributed by atoms with Crippen LogP contribution in [0.3, 0.4) is 0 Å². The molecule has 1 fully saturated rings. The summed E-state index contributed by atoms with van der Waals surface area (Å²) in [6.07, 6.45) is -0.768. The van der Waals surface area contributed by atoms with E-state index in [-0.39, 0.29) is 25.5 Å². The molecule has 1 atom stereocenters. The maximum Gasteiger partial charge on any atom is 0.334 e. The normalized spacial score (nSPS) is 19.2. The smallest absolute Gasteiger partial charge is 0.334 e. The van der Waals surface area contributed by atoms with E-state index in [9.17, 15) is 9.59 Å². The standard InChI is InChI=1S/C13H14ClNO4/c14-10-4-2-1-3-9(10)7-12(16)15-5-6-19-11(8-15)13(17)18/h1-4,11H,5-8H2,(H,17,18). The van der Waals surface area contributed by atoms with E-state index in [1.807, 2.05) is 6.07 Å². The van der Waals surface area contributed by atoms with Crippen LogP contribution >= 0.6 is 11.6 Å². The number of halogens is 1. The van der Waals surface area contributed by atoms with Crippen molar-refractivity contribution >= 4 is 23.5 Å². The van der Waals surface area contributed by atoms with Crippen LogP contribution in [0.25, 0.3) is 0 Å². The molecule has 1 N–H and O–H groups in total. The van der Waals surface area contributed by atoms with Crippen molar-refractivity contribution in [1.82, 2.24) is 4.90 Å². The van der Waals surface area contributed by atoms with Gasteiger partial charge in [0.2, 0.25) is 5.91 Å². The van der Waals surface area contributed by atoms with Crippen LogP contribution in [-0.2, 0) is 20.7 Å². The molecule has 6 heteroatoms. The Hall–Kier alpha value is -1.59. The van der Waals surface area contributed by atoms with Crippen molar-refractivity contribution in [3.63, 3.8) is 0 Å². The summed E-state index contributed by atoms with van der Waals surface area (Å²) in [4.78, 5) is 24.5. The Morgan fingerprint density at radius 3 is 2.84 bits per heavy atom. The lowest BCUT2D eigenvalue weighted by Crippen LogP contribution is -2.49. The van der Waals surface area contributed by atoms with E-state index in [4.69, 9.17) is 21.4 Å². The summed E-state index contributed by atoms with van der Waals surface area (Å²) in [5, 5.41) is 9.43. The SMILES string of the molecule is O=C(O)C1CN(C(=O)Cc2ccccc2Cl)CCO1. The molecule has 102 valence electrons. The van der Waals surface area contributed by atoms with Gasteiger partial charge in [0.25, 0.3) is 0 Å². The van der Waals surface area contributed by atoms with Gasteiger partial charge in [-0.05, 0) is 11.6 Å². The predicted octanol–water partition coefficient (Wildman–Crippen LogP) is 1.19. The highest BCUT2D eigenvalue weighted by atomic mass is 35.5. The average Bonchev–Trinajstić information content (AvgIpc) is 2.41. The van der Waals surface area contributed by atoms with Crippen molar-refractivity contribution in [2.45, 2.75) is 12.5 Å². The van der Waals surface area contributed by atoms with Crippen LogP contribution in [0.2, 0.25) is 5.02 Å². The zero-order valence-corrected chi connectivity index (χ0v) is 11.0. The second kappa shape index (κ2) is 6.04. The molecule has 0 saturated carbocycles. The second-order valence-electron chi connectivity index (χ2n) is 4.31. The molecular formula is C13H14ClNO4. The summed E-state index contributed by atoms with van der Waals surface area (Å²) < 4.78 is 5.07. The Balaban J connectivity index is 2.00. The van der Waals surface area contributed by atoms with Gasteiger partial charge >= 0.3 is 5.97 Å². The monoisotopic (exact) mass is 283 g/mol. The Morgan fingerprint density at radius 2 is 2.16 bits per heavy atom. The van der Waals surface area contributed by atoms with Gasteiger partial charge in [-0.15, -0.1) is 0 Å². The quantitative estimate of drug-likeness (QED) is 0.905. The molecule has 0 bridgehead atoms. The topological polar surface area (TPSA) is 66.8 Å². The highest BCUT2D eigenvalue weighted by molar-refractivity contribution is 6.31. The number of hydrogen-bond donors (Lipinski definition) is 1. The fraction of sp³-hybridized carbons (Fsp3) is 0.385. The molecule has 1 unspecified atom stereocenters. The maximum absolute atomic E-state index is 12.1. The Bertz CT molecular complexity index is 491. The number of rotatable bonds is 3. The van der Waals surface area contributed by atoms with Gasteiger partial charge in [-0.2, -0.15) is 0 Å². The summed E-state index contributed by atoms with van der Waals surface area (Å²) in [7, 11) is 0. The van der Waals surface area contributed by atoms with Gasteiger partial charge in [-0.1, -0.05) is 29.8 Å². The summed E-state index contributed by atoms with van der Waals surface area (Å²) >= 11 is 6.00. The maximum atomic E-state index is 12.1. The molecule has 1 aliphatic rings. The minimum atomic E-state index is -1.05. The van der Waals surface area contributed by atoms with Crippen molar-refractivity contribution in [1.29, 1.82) is 0 Å². The van der Waals surface area contributed by atoms with Gasteiger partial charge in [0.15, 0.2) is 6.10 Å². The van der Waals surface area contributed by atoms with Crippen LogP contribution in [-0.4, -0.2) is 47.7 Å². The molecule has 1 aromatic carbocycles. The number of ether oxygens (including phenoxy) is 1. The fourth-order valence-corrected chi connectivity index (χ4v) is 2.14. The molecular weight excluding hydrogens is 270 g/mol. The van der Waals surface area contributed by atoms with Gasteiger partial charge in [0, 0.05) is 11.6 Å². The molecule has 0 aromatic heterocycles. The first-order valence-electron chi connectivity index (χ1n) is 5.93. The third-order valence-electron chi connectivity index (χ3n) is 2.99. The van der Waals surface area contributed by atoms with E-state index in [1.54, 1.807) is 18.2 Å². The first-order valence-corrected chi connectivity index (χ1v) is 6.31. The molecule has 2 rings (SSSR count). The minimum Gasteiger partial charge on any atom is -0.479 e. The molecule has 1 saturated heterocycles. The zero-order chi connectivity index (χ0) is 13.8. The minimum absolute atomic E-state index is 0.0820. The first kappa shape index (κ1) is 13.8. The second-order valence-corrected chi connectivity index (χ2v) is 4.71. The van der Waals surface area contributed by atoms with Gasteiger partial charge in [0.05, 0.1) is 19.6 Å². The number of nitrogens with zero attached hydrogens (tertiary/aromatic N) is 1. The van der Waals surface area contributed by atoms with Crippen LogP contribution in [0.5, 0.6) is 0 Å². The molecule has 5 nitrogen and oxygen atoms in total. The molecule has 0 radical (unpaired) electrons. The van der Waals surface area contributed by atoms with E-state index in [1.165, 1.54) is 4.90 Å². The summed E-state index contributed by atoms with van der Waals surface area (Å²) in [6, 6.07) is 7.12. The number of aliphatic carboxylic acids is 1. The predicted molar refractivity (Wildman–Crippen MR) is 69.1 cm³/mol. The Kier molecular flexibility index (Phi) is 4.39. The average molecular weight is 284 g/mol. The molecule has 1 aromatic rings. The molecule has 0 spiro atoms. The Morgan fingerprint density at radius 1 is 1.42 bits per heavy atom. The van der Waals surface area contributed by atoms with Crippen molar-refractivity contribution in [3.05, 3.63) is 34.9 Å². The van der Waals surface area contributed by atoms with Crippen molar-refractivity contribution < 1.29 is 19.4 Å². The van der Waals surface area contributed by atoms with E-state index in [2.05, 4.69) is 0 Å². The lowest BCUT2D eigenvalue weighted by molar-refractivity contribution is -0.159.